The first-order valence-electron chi connectivity index (χ1n) is 11.5. The summed E-state index contributed by atoms with van der Waals surface area (Å²) in [5, 5.41) is 8.83. The second-order valence-electron chi connectivity index (χ2n) is 8.12. The molecule has 1 heterocycles. The summed E-state index contributed by atoms with van der Waals surface area (Å²) in [6, 6.07) is 18.8. The highest BCUT2D eigenvalue weighted by Gasteiger charge is 2.35. The molecule has 4 rings (SSSR count). The summed E-state index contributed by atoms with van der Waals surface area (Å²) in [6.07, 6.45) is -2.00. The number of alkyl halides is 3. The Bertz CT molecular complexity index is 1400. The van der Waals surface area contributed by atoms with E-state index in [0.717, 1.165) is 5.56 Å². The molecule has 1 fully saturated rings. The fraction of sp³-hybridized carbons (Fsp3) is 0.154. The zero-order valence-electron chi connectivity index (χ0n) is 21.2. The van der Waals surface area contributed by atoms with Gasteiger partial charge in [0.15, 0.2) is 16.7 Å². The van der Waals surface area contributed by atoms with Gasteiger partial charge in [-0.1, -0.05) is 48.2 Å². The number of nitrogens with zero attached hydrogens (tertiary/aromatic N) is 5. The molecule has 218 valence electrons. The van der Waals surface area contributed by atoms with Crippen LogP contribution in [0.4, 0.5) is 38.5 Å². The van der Waals surface area contributed by atoms with Gasteiger partial charge in [-0.15, -0.1) is 18.3 Å². The molecule has 0 radical (unpaired) electrons. The van der Waals surface area contributed by atoms with Crippen LogP contribution in [0.25, 0.3) is 0 Å². The van der Waals surface area contributed by atoms with Crippen LogP contribution in [0.1, 0.15) is 18.1 Å². The van der Waals surface area contributed by atoms with Crippen molar-refractivity contribution in [2.45, 2.75) is 19.3 Å². The Kier molecular flexibility index (Phi) is 11.7. The minimum absolute atomic E-state index is 0. The molecule has 1 atom stereocenters. The maximum Gasteiger partial charge on any atom is 0.573 e. The highest BCUT2D eigenvalue weighted by atomic mass is 32.2. The van der Waals surface area contributed by atoms with Crippen LogP contribution < -0.4 is 20.3 Å². The second-order valence-corrected chi connectivity index (χ2v) is 9.11. The predicted octanol–water partition coefficient (Wildman–Crippen LogP) is 6.55. The zero-order chi connectivity index (χ0) is 27.8. The monoisotopic (exact) mass is 598 g/mol. The molecule has 0 aromatic heterocycles. The number of rotatable bonds is 8. The molecule has 3 aromatic carbocycles. The van der Waals surface area contributed by atoms with Crippen molar-refractivity contribution >= 4 is 46.7 Å². The van der Waals surface area contributed by atoms with Gasteiger partial charge < -0.3 is 15.4 Å². The third-order valence-electron chi connectivity index (χ3n) is 5.34. The number of aliphatic imine (C=N–C) groups is 2. The van der Waals surface area contributed by atoms with Crippen LogP contribution in [0, 0.1) is 0 Å². The van der Waals surface area contributed by atoms with Crippen molar-refractivity contribution in [3.05, 3.63) is 83.9 Å². The molecular weight excluding hydrogens is 574 g/mol. The maximum atomic E-state index is 12.9. The van der Waals surface area contributed by atoms with Gasteiger partial charge in [-0.2, -0.15) is 5.10 Å². The largest absolute Gasteiger partial charge is 0.573 e. The van der Waals surface area contributed by atoms with E-state index >= 15 is 0 Å². The molecule has 15 heteroatoms. The molecule has 0 spiro atoms. The van der Waals surface area contributed by atoms with Crippen LogP contribution in [0.15, 0.2) is 93.0 Å². The van der Waals surface area contributed by atoms with Gasteiger partial charge >= 0.3 is 6.36 Å². The van der Waals surface area contributed by atoms with E-state index in [1.807, 2.05) is 6.92 Å². The SMILES string of the molecule is CC1CS/C(=N\N=C\c2ccc(C(N)=NC=Nc3ccc(OF)cc3)cc2)N1c1ccccc1OC(F)(F)F.F.F. The molecule has 1 aliphatic rings. The molecule has 0 aliphatic carbocycles. The lowest BCUT2D eigenvalue weighted by atomic mass is 10.1. The molecule has 0 amide bonds. The van der Waals surface area contributed by atoms with Gasteiger partial charge in [0.2, 0.25) is 0 Å². The lowest BCUT2D eigenvalue weighted by Crippen LogP contribution is -2.32. The Hall–Kier alpha value is -4.53. The van der Waals surface area contributed by atoms with Crippen LogP contribution in [0.2, 0.25) is 0 Å². The van der Waals surface area contributed by atoms with Gasteiger partial charge in [-0.05, 0) is 48.9 Å². The zero-order valence-corrected chi connectivity index (χ0v) is 22.1. The topological polar surface area (TPSA) is 97.2 Å². The third kappa shape index (κ3) is 8.99. The minimum atomic E-state index is -4.81. The van der Waals surface area contributed by atoms with E-state index < -0.39 is 6.36 Å². The number of amidine groups is 2. The van der Waals surface area contributed by atoms with Crippen molar-refractivity contribution in [1.82, 2.24) is 0 Å². The van der Waals surface area contributed by atoms with Gasteiger partial charge in [0.05, 0.1) is 17.6 Å². The van der Waals surface area contributed by atoms with Crippen LogP contribution in [0.3, 0.4) is 0 Å². The maximum absolute atomic E-state index is 12.9. The van der Waals surface area contributed by atoms with Crippen LogP contribution in [0.5, 0.6) is 11.5 Å². The van der Waals surface area contributed by atoms with E-state index in [-0.39, 0.29) is 38.5 Å². The molecule has 2 N–H and O–H groups in total. The number of halogens is 6. The summed E-state index contributed by atoms with van der Waals surface area (Å²) in [7, 11) is 0. The Balaban J connectivity index is 0.00000294. The first kappa shape index (κ1) is 32.7. The Morgan fingerprint density at radius 2 is 1.71 bits per heavy atom. The quantitative estimate of drug-likeness (QED) is 0.137. The van der Waals surface area contributed by atoms with Crippen molar-refractivity contribution < 1.29 is 36.8 Å². The number of anilines is 1. The second kappa shape index (κ2) is 14.7. The van der Waals surface area contributed by atoms with Gasteiger partial charge in [0.1, 0.15) is 12.2 Å². The van der Waals surface area contributed by atoms with Crippen molar-refractivity contribution in [3.63, 3.8) is 0 Å². The van der Waals surface area contributed by atoms with Crippen LogP contribution >= 0.6 is 11.8 Å². The number of thioether (sulfide) groups is 1. The van der Waals surface area contributed by atoms with Crippen molar-refractivity contribution in [3.8, 4) is 11.5 Å². The fourth-order valence-corrected chi connectivity index (χ4v) is 4.57. The minimum Gasteiger partial charge on any atom is -0.404 e. The number of benzene rings is 3. The molecule has 0 saturated carbocycles. The molecule has 0 bridgehead atoms. The summed E-state index contributed by atoms with van der Waals surface area (Å²) in [5.41, 5.74) is 8.20. The molecule has 1 unspecified atom stereocenters. The Morgan fingerprint density at radius 3 is 2.37 bits per heavy atom. The van der Waals surface area contributed by atoms with E-state index in [9.17, 15) is 17.7 Å². The third-order valence-corrected chi connectivity index (χ3v) is 6.52. The summed E-state index contributed by atoms with van der Waals surface area (Å²) < 4.78 is 55.0. The summed E-state index contributed by atoms with van der Waals surface area (Å²) in [4.78, 5) is 13.5. The highest BCUT2D eigenvalue weighted by Crippen LogP contribution is 2.38. The van der Waals surface area contributed by atoms with Gasteiger partial charge in [-0.25, -0.2) is 9.98 Å². The number of para-hydroxylation sites is 2. The Morgan fingerprint density at radius 1 is 1.02 bits per heavy atom. The van der Waals surface area contributed by atoms with Crippen molar-refractivity contribution in [1.29, 1.82) is 0 Å². The molecule has 8 nitrogen and oxygen atoms in total. The first-order chi connectivity index (χ1) is 18.7. The lowest BCUT2D eigenvalue weighted by Gasteiger charge is -2.25. The summed E-state index contributed by atoms with van der Waals surface area (Å²) in [5.74, 6) is 0.628. The highest BCUT2D eigenvalue weighted by molar-refractivity contribution is 8.14. The van der Waals surface area contributed by atoms with Crippen molar-refractivity contribution in [2.75, 3.05) is 10.7 Å². The van der Waals surface area contributed by atoms with Gasteiger partial charge in [-0.3, -0.25) is 14.4 Å². The lowest BCUT2D eigenvalue weighted by molar-refractivity contribution is -0.274. The fourth-order valence-electron chi connectivity index (χ4n) is 3.51. The number of nitrogens with two attached hydrogens (primary N) is 1. The average Bonchev–Trinajstić information content (AvgIpc) is 3.28. The molecule has 41 heavy (non-hydrogen) atoms. The van der Waals surface area contributed by atoms with Gasteiger partial charge in [0, 0.05) is 21.9 Å². The standard InChI is InChI=1S/C26H22F4N6O2S.2FH/c1-17-15-39-25(36(17)22-4-2-3-5-23(22)37-26(27,28)29)35-34-14-18-6-8-19(9-7-18)24(31)33-16-32-20-10-12-21(38-30)13-11-20;;/h2-14,16-17H,15H2,1H3,(H2,31,32,33);2*1H/b34-14+,35-25-;;. The van der Waals surface area contributed by atoms with E-state index in [4.69, 9.17) is 5.73 Å². The molecule has 3 aromatic rings. The van der Waals surface area contributed by atoms with Gasteiger partial charge in [0.25, 0.3) is 0 Å². The molecular formula is C26H24F6N6O2S. The smallest absolute Gasteiger partial charge is 0.404 e. The Labute approximate surface area is 234 Å². The number of hydrogen-bond donors (Lipinski definition) is 1. The normalized spacial score (nSPS) is 16.6. The summed E-state index contributed by atoms with van der Waals surface area (Å²) >= 11 is 1.39. The number of ether oxygens (including phenoxy) is 1. The summed E-state index contributed by atoms with van der Waals surface area (Å²) in [6.45, 7) is 1.89. The first-order valence-corrected chi connectivity index (χ1v) is 12.4. The predicted molar refractivity (Wildman–Crippen MR) is 151 cm³/mol. The number of hydrogen-bond acceptors (Lipinski definition) is 6. The average molecular weight is 599 g/mol. The molecule has 1 aliphatic heterocycles. The van der Waals surface area contributed by atoms with E-state index in [1.165, 1.54) is 48.6 Å². The van der Waals surface area contributed by atoms with Crippen LogP contribution in [-0.2, 0) is 0 Å². The van der Waals surface area contributed by atoms with E-state index in [1.54, 1.807) is 53.4 Å². The van der Waals surface area contributed by atoms with E-state index in [0.29, 0.717) is 22.2 Å². The van der Waals surface area contributed by atoms with Crippen LogP contribution in [-0.4, -0.2) is 41.7 Å². The van der Waals surface area contributed by atoms with Crippen molar-refractivity contribution in [2.24, 2.45) is 25.9 Å². The van der Waals surface area contributed by atoms with E-state index in [2.05, 4.69) is 29.9 Å². The molecule has 1 saturated heterocycles.